The number of aliphatic hydroxyl groups excluding tert-OH is 1. The summed E-state index contributed by atoms with van der Waals surface area (Å²) in [5.41, 5.74) is 3.78. The molecule has 0 saturated carbocycles. The molecule has 4 N–H and O–H groups in total. The lowest BCUT2D eigenvalue weighted by molar-refractivity contribution is -0.140. The molecule has 1 aromatic heterocycles. The highest BCUT2D eigenvalue weighted by atomic mass is 16.4. The number of amides is 2. The Morgan fingerprint density at radius 2 is 1.53 bits per heavy atom. The number of rotatable bonds is 8. The number of aliphatic carboxylic acids is 1. The molecule has 0 fully saturated rings. The van der Waals surface area contributed by atoms with Crippen molar-refractivity contribution in [2.75, 3.05) is 5.32 Å². The van der Waals surface area contributed by atoms with Gasteiger partial charge in [0.1, 0.15) is 11.6 Å². The van der Waals surface area contributed by atoms with Crippen molar-refractivity contribution < 1.29 is 29.0 Å². The lowest BCUT2D eigenvalue weighted by atomic mass is 10.0. The van der Waals surface area contributed by atoms with Crippen LogP contribution in [0.2, 0.25) is 0 Å². The summed E-state index contributed by atoms with van der Waals surface area (Å²) in [6, 6.07) is 20.1. The van der Waals surface area contributed by atoms with Crippen LogP contribution in [0.3, 0.4) is 0 Å². The predicted molar refractivity (Wildman–Crippen MR) is 136 cm³/mol. The van der Waals surface area contributed by atoms with Crippen LogP contribution in [0.5, 0.6) is 0 Å². The maximum atomic E-state index is 12.7. The summed E-state index contributed by atoms with van der Waals surface area (Å²) in [4.78, 5) is 36.4. The Morgan fingerprint density at radius 3 is 2.11 bits per heavy atom. The van der Waals surface area contributed by atoms with Gasteiger partial charge in [0.05, 0.1) is 6.61 Å². The van der Waals surface area contributed by atoms with Crippen LogP contribution < -0.4 is 10.6 Å². The minimum atomic E-state index is -1.07. The molecule has 8 heteroatoms. The van der Waals surface area contributed by atoms with Crippen molar-refractivity contribution in [3.63, 3.8) is 0 Å². The van der Waals surface area contributed by atoms with Gasteiger partial charge in [-0.15, -0.1) is 0 Å². The van der Waals surface area contributed by atoms with E-state index in [0.717, 1.165) is 16.5 Å². The molecule has 0 radical (unpaired) electrons. The molecule has 0 saturated heterocycles. The molecular weight excluding hydrogens is 460 g/mol. The molecule has 4 aromatic rings. The number of aliphatic hydroxyl groups is 1. The predicted octanol–water partition coefficient (Wildman–Crippen LogP) is 4.68. The van der Waals surface area contributed by atoms with E-state index in [1.807, 2.05) is 18.2 Å². The first-order valence-electron chi connectivity index (χ1n) is 11.4. The van der Waals surface area contributed by atoms with Gasteiger partial charge in [0, 0.05) is 22.2 Å². The molecule has 184 valence electrons. The smallest absolute Gasteiger partial charge is 0.326 e. The van der Waals surface area contributed by atoms with Crippen molar-refractivity contribution in [3.8, 4) is 11.1 Å². The van der Waals surface area contributed by atoms with Gasteiger partial charge in [0.25, 0.3) is 11.8 Å². The monoisotopic (exact) mass is 486 g/mol. The van der Waals surface area contributed by atoms with Gasteiger partial charge in [-0.3, -0.25) is 9.59 Å². The number of furan rings is 1. The molecule has 0 aliphatic heterocycles. The zero-order valence-corrected chi connectivity index (χ0v) is 19.8. The van der Waals surface area contributed by atoms with E-state index in [-0.39, 0.29) is 18.3 Å². The average molecular weight is 487 g/mol. The van der Waals surface area contributed by atoms with Crippen molar-refractivity contribution in [1.82, 2.24) is 5.32 Å². The highest BCUT2D eigenvalue weighted by molar-refractivity contribution is 6.05. The summed E-state index contributed by atoms with van der Waals surface area (Å²) < 4.78 is 5.66. The summed E-state index contributed by atoms with van der Waals surface area (Å²) in [6.07, 6.45) is 0. The van der Waals surface area contributed by atoms with Gasteiger partial charge in [-0.25, -0.2) is 4.79 Å². The quantitative estimate of drug-likeness (QED) is 0.286. The van der Waals surface area contributed by atoms with Crippen molar-refractivity contribution >= 4 is 34.4 Å². The summed E-state index contributed by atoms with van der Waals surface area (Å²) in [6.45, 7) is 3.29. The van der Waals surface area contributed by atoms with Gasteiger partial charge >= 0.3 is 5.97 Å². The highest BCUT2D eigenvalue weighted by Crippen LogP contribution is 2.25. The van der Waals surface area contributed by atoms with Gasteiger partial charge < -0.3 is 25.3 Å². The normalized spacial score (nSPS) is 11.9. The molecular formula is C28H26N2O6. The van der Waals surface area contributed by atoms with Crippen LogP contribution in [0, 0.1) is 5.92 Å². The third kappa shape index (κ3) is 5.29. The average Bonchev–Trinajstić information content (AvgIpc) is 3.32. The van der Waals surface area contributed by atoms with Crippen LogP contribution in [0.15, 0.2) is 77.2 Å². The Kier molecular flexibility index (Phi) is 7.17. The van der Waals surface area contributed by atoms with E-state index in [2.05, 4.69) is 10.6 Å². The maximum absolute atomic E-state index is 12.7. The fraction of sp³-hybridized carbons (Fsp3) is 0.179. The number of para-hydroxylation sites is 1. The number of fused-ring (bicyclic) bond motifs is 1. The van der Waals surface area contributed by atoms with Gasteiger partial charge in [0.2, 0.25) is 0 Å². The van der Waals surface area contributed by atoms with Crippen LogP contribution >= 0.6 is 0 Å². The van der Waals surface area contributed by atoms with Gasteiger partial charge in [0.15, 0.2) is 5.76 Å². The fourth-order valence-corrected chi connectivity index (χ4v) is 3.85. The first-order chi connectivity index (χ1) is 17.3. The van der Waals surface area contributed by atoms with Crippen molar-refractivity contribution in [1.29, 1.82) is 0 Å². The number of carboxylic acids is 1. The van der Waals surface area contributed by atoms with Crippen LogP contribution in [-0.4, -0.2) is 34.0 Å². The highest BCUT2D eigenvalue weighted by Gasteiger charge is 2.24. The summed E-state index contributed by atoms with van der Waals surface area (Å²) >= 11 is 0. The lowest BCUT2D eigenvalue weighted by Crippen LogP contribution is -2.44. The van der Waals surface area contributed by atoms with E-state index in [0.29, 0.717) is 22.4 Å². The second-order valence-electron chi connectivity index (χ2n) is 8.75. The van der Waals surface area contributed by atoms with E-state index in [1.165, 1.54) is 0 Å². The zero-order chi connectivity index (χ0) is 25.8. The maximum Gasteiger partial charge on any atom is 0.326 e. The Balaban J connectivity index is 1.43. The molecule has 4 rings (SSSR count). The number of hydrogen-bond acceptors (Lipinski definition) is 5. The summed E-state index contributed by atoms with van der Waals surface area (Å²) in [5.74, 6) is -2.02. The van der Waals surface area contributed by atoms with Crippen molar-refractivity contribution in [2.24, 2.45) is 5.92 Å². The number of nitrogens with one attached hydrogen (secondary N) is 2. The standard InChI is InChI=1S/C28H26N2O6/c1-16(2)24(28(34)35)30-26(32)19-8-6-17(7-9-19)18-10-12-22(13-11-18)29-27(33)23-14-20-4-3-5-21(15-31)25(20)36-23/h3-14,16,24,31H,15H2,1-2H3,(H,29,33)(H,30,32)(H,34,35)/t24-/m0/s1. The van der Waals surface area contributed by atoms with Gasteiger partial charge in [-0.2, -0.15) is 0 Å². The molecule has 3 aromatic carbocycles. The van der Waals surface area contributed by atoms with Gasteiger partial charge in [-0.05, 0) is 47.4 Å². The minimum Gasteiger partial charge on any atom is -0.480 e. The van der Waals surface area contributed by atoms with Crippen molar-refractivity contribution in [3.05, 3.63) is 89.7 Å². The second-order valence-corrected chi connectivity index (χ2v) is 8.75. The van der Waals surface area contributed by atoms with E-state index in [1.54, 1.807) is 68.4 Å². The number of carbonyl (C=O) groups excluding carboxylic acids is 2. The third-order valence-electron chi connectivity index (χ3n) is 5.86. The molecule has 0 spiro atoms. The van der Waals surface area contributed by atoms with E-state index >= 15 is 0 Å². The van der Waals surface area contributed by atoms with Crippen LogP contribution in [0.1, 0.15) is 40.3 Å². The van der Waals surface area contributed by atoms with Crippen LogP contribution in [-0.2, 0) is 11.4 Å². The van der Waals surface area contributed by atoms with E-state index < -0.39 is 23.8 Å². The first-order valence-corrected chi connectivity index (χ1v) is 11.4. The van der Waals surface area contributed by atoms with Crippen LogP contribution in [0.4, 0.5) is 5.69 Å². The number of anilines is 1. The number of carboxylic acid groups (broad SMARTS) is 1. The molecule has 1 heterocycles. The van der Waals surface area contributed by atoms with Crippen molar-refractivity contribution in [2.45, 2.75) is 26.5 Å². The molecule has 36 heavy (non-hydrogen) atoms. The number of carbonyl (C=O) groups is 3. The molecule has 0 bridgehead atoms. The molecule has 2 amide bonds. The fourth-order valence-electron chi connectivity index (χ4n) is 3.85. The Bertz CT molecular complexity index is 1400. The van der Waals surface area contributed by atoms with E-state index in [9.17, 15) is 24.6 Å². The summed E-state index contributed by atoms with van der Waals surface area (Å²) in [7, 11) is 0. The number of hydrogen-bond donors (Lipinski definition) is 4. The zero-order valence-electron chi connectivity index (χ0n) is 19.8. The second kappa shape index (κ2) is 10.5. The lowest BCUT2D eigenvalue weighted by Gasteiger charge is -2.18. The summed E-state index contributed by atoms with van der Waals surface area (Å²) in [5, 5.41) is 24.8. The Morgan fingerprint density at radius 1 is 0.889 bits per heavy atom. The topological polar surface area (TPSA) is 129 Å². The largest absolute Gasteiger partial charge is 0.480 e. The van der Waals surface area contributed by atoms with Crippen LogP contribution in [0.25, 0.3) is 22.1 Å². The third-order valence-corrected chi connectivity index (χ3v) is 5.86. The molecule has 0 aliphatic carbocycles. The Labute approximate surface area is 207 Å². The Hall–Kier alpha value is -4.43. The molecule has 0 aliphatic rings. The first kappa shape index (κ1) is 24.7. The minimum absolute atomic E-state index is 0.145. The molecule has 1 atom stereocenters. The number of benzene rings is 3. The molecule has 8 nitrogen and oxygen atoms in total. The SMILES string of the molecule is CC(C)[C@H](NC(=O)c1ccc(-c2ccc(NC(=O)c3cc4cccc(CO)c4o3)cc2)cc1)C(=O)O. The van der Waals surface area contributed by atoms with E-state index in [4.69, 9.17) is 4.42 Å². The van der Waals surface area contributed by atoms with Gasteiger partial charge in [-0.1, -0.05) is 56.3 Å². The molecule has 0 unspecified atom stereocenters.